The van der Waals surface area contributed by atoms with Crippen LogP contribution in [-0.4, -0.2) is 39.1 Å². The van der Waals surface area contributed by atoms with E-state index < -0.39 is 9.84 Å². The van der Waals surface area contributed by atoms with Crippen LogP contribution in [0.2, 0.25) is 0 Å². The molecule has 2 aliphatic rings. The molecule has 1 aromatic rings. The maximum atomic E-state index is 11.4. The van der Waals surface area contributed by atoms with Gasteiger partial charge < -0.3 is 10.1 Å². The molecule has 0 radical (unpaired) electrons. The van der Waals surface area contributed by atoms with Gasteiger partial charge in [-0.1, -0.05) is 12.1 Å². The molecular weight excluding hydrogens is 286 g/mol. The van der Waals surface area contributed by atoms with E-state index in [-0.39, 0.29) is 0 Å². The van der Waals surface area contributed by atoms with Crippen LogP contribution in [-0.2, 0) is 9.84 Å². The smallest absolute Gasteiger partial charge is 0.150 e. The molecule has 4 nitrogen and oxygen atoms in total. The zero-order valence-corrected chi connectivity index (χ0v) is 13.2. The Bertz CT molecular complexity index is 562. The van der Waals surface area contributed by atoms with Crippen molar-refractivity contribution < 1.29 is 13.2 Å². The topological polar surface area (TPSA) is 55.4 Å². The predicted molar refractivity (Wildman–Crippen MR) is 83.6 cm³/mol. The van der Waals surface area contributed by atoms with Crippen molar-refractivity contribution in [2.24, 2.45) is 0 Å². The molecule has 3 rings (SSSR count). The van der Waals surface area contributed by atoms with E-state index in [1.807, 2.05) is 12.1 Å². The van der Waals surface area contributed by atoms with Crippen LogP contribution in [0.1, 0.15) is 37.2 Å². The summed E-state index contributed by atoms with van der Waals surface area (Å²) in [6.07, 6.45) is 3.84. The molecule has 1 aromatic carbocycles. The van der Waals surface area contributed by atoms with Crippen LogP contribution < -0.4 is 10.1 Å². The zero-order valence-electron chi connectivity index (χ0n) is 12.4. The summed E-state index contributed by atoms with van der Waals surface area (Å²) in [5, 5.41) is 3.63. The van der Waals surface area contributed by atoms with Crippen molar-refractivity contribution in [2.45, 2.75) is 43.7 Å². The summed E-state index contributed by atoms with van der Waals surface area (Å²) in [6.45, 7) is 0. The summed E-state index contributed by atoms with van der Waals surface area (Å²) in [4.78, 5) is 0. The summed E-state index contributed by atoms with van der Waals surface area (Å²) in [5.41, 5.74) is 1.38. The Balaban J connectivity index is 1.45. The van der Waals surface area contributed by atoms with Gasteiger partial charge in [-0.2, -0.15) is 0 Å². The number of nitrogens with one attached hydrogen (secondary N) is 1. The summed E-state index contributed by atoms with van der Waals surface area (Å²) in [7, 11) is -1.07. The van der Waals surface area contributed by atoms with Crippen LogP contribution in [0.4, 0.5) is 0 Å². The van der Waals surface area contributed by atoms with Gasteiger partial charge in [-0.15, -0.1) is 0 Å². The Morgan fingerprint density at radius 2 is 1.67 bits per heavy atom. The molecule has 1 saturated carbocycles. The van der Waals surface area contributed by atoms with Crippen molar-refractivity contribution in [1.29, 1.82) is 0 Å². The highest BCUT2D eigenvalue weighted by atomic mass is 32.2. The van der Waals surface area contributed by atoms with Crippen LogP contribution in [0.15, 0.2) is 24.3 Å². The highest BCUT2D eigenvalue weighted by molar-refractivity contribution is 7.91. The monoisotopic (exact) mass is 309 g/mol. The molecule has 0 bridgehead atoms. The van der Waals surface area contributed by atoms with Crippen molar-refractivity contribution in [2.75, 3.05) is 18.6 Å². The van der Waals surface area contributed by atoms with Gasteiger partial charge in [0.2, 0.25) is 0 Å². The number of hydrogen-bond acceptors (Lipinski definition) is 4. The summed E-state index contributed by atoms with van der Waals surface area (Å²) < 4.78 is 28.0. The Morgan fingerprint density at radius 1 is 1.05 bits per heavy atom. The van der Waals surface area contributed by atoms with Gasteiger partial charge in [0.25, 0.3) is 0 Å². The molecule has 116 valence electrons. The molecule has 0 amide bonds. The predicted octanol–water partition coefficient (Wildman–Crippen LogP) is 2.11. The molecule has 5 heteroatoms. The Hall–Kier alpha value is -1.07. The van der Waals surface area contributed by atoms with Crippen molar-refractivity contribution in [3.05, 3.63) is 29.8 Å². The van der Waals surface area contributed by atoms with Crippen molar-refractivity contribution in [3.63, 3.8) is 0 Å². The Kier molecular flexibility index (Phi) is 4.22. The summed E-state index contributed by atoms with van der Waals surface area (Å²) in [5.74, 6) is 2.22. The second-order valence-corrected chi connectivity index (χ2v) is 8.53. The Labute approximate surface area is 126 Å². The normalized spacial score (nSPS) is 28.8. The lowest BCUT2D eigenvalue weighted by atomic mass is 9.75. The van der Waals surface area contributed by atoms with Crippen LogP contribution in [0.25, 0.3) is 0 Å². The highest BCUT2D eigenvalue weighted by Gasteiger charge is 2.33. The molecule has 2 fully saturated rings. The van der Waals surface area contributed by atoms with E-state index >= 15 is 0 Å². The molecular formula is C16H23NO3S. The molecule has 0 unspecified atom stereocenters. The second kappa shape index (κ2) is 5.97. The number of benzene rings is 1. The lowest BCUT2D eigenvalue weighted by Crippen LogP contribution is -2.48. The van der Waals surface area contributed by atoms with Gasteiger partial charge in [0.1, 0.15) is 15.6 Å². The van der Waals surface area contributed by atoms with Gasteiger partial charge in [0, 0.05) is 12.1 Å². The van der Waals surface area contributed by atoms with Crippen LogP contribution in [0.3, 0.4) is 0 Å². The average Bonchev–Trinajstić information content (AvgIpc) is 2.44. The largest absolute Gasteiger partial charge is 0.497 e. The Morgan fingerprint density at radius 3 is 2.24 bits per heavy atom. The van der Waals surface area contributed by atoms with Gasteiger partial charge in [0.15, 0.2) is 0 Å². The molecule has 1 aliphatic heterocycles. The van der Waals surface area contributed by atoms with Crippen LogP contribution in [0.5, 0.6) is 5.75 Å². The van der Waals surface area contributed by atoms with Crippen molar-refractivity contribution in [3.8, 4) is 5.75 Å². The number of hydrogen-bond donors (Lipinski definition) is 1. The maximum Gasteiger partial charge on any atom is 0.150 e. The van der Waals surface area contributed by atoms with Gasteiger partial charge in [-0.25, -0.2) is 8.42 Å². The van der Waals surface area contributed by atoms with Crippen molar-refractivity contribution >= 4 is 9.84 Å². The van der Waals surface area contributed by atoms with E-state index in [9.17, 15) is 8.42 Å². The van der Waals surface area contributed by atoms with E-state index in [1.165, 1.54) is 5.56 Å². The first-order valence-electron chi connectivity index (χ1n) is 7.66. The maximum absolute atomic E-state index is 11.4. The molecule has 1 aliphatic carbocycles. The van der Waals surface area contributed by atoms with Crippen molar-refractivity contribution in [1.82, 2.24) is 5.32 Å². The molecule has 1 heterocycles. The SMILES string of the molecule is COc1ccc(C2CC(NC3CCS(=O)(=O)CC3)C2)cc1. The van der Waals surface area contributed by atoms with Gasteiger partial charge >= 0.3 is 0 Å². The fourth-order valence-corrected chi connectivity index (χ4v) is 4.78. The molecule has 0 spiro atoms. The molecule has 1 N–H and O–H groups in total. The van der Waals surface area contributed by atoms with E-state index in [1.54, 1.807) is 7.11 Å². The first kappa shape index (κ1) is 14.9. The minimum atomic E-state index is -2.75. The summed E-state index contributed by atoms with van der Waals surface area (Å²) >= 11 is 0. The standard InChI is InChI=1S/C16H23NO3S/c1-20-16-4-2-12(3-5-16)13-10-15(11-13)17-14-6-8-21(18,19)9-7-14/h2-5,13-15,17H,6-11H2,1H3. The minimum absolute atomic E-state index is 0.347. The fraction of sp³-hybridized carbons (Fsp3) is 0.625. The lowest BCUT2D eigenvalue weighted by Gasteiger charge is -2.39. The first-order chi connectivity index (χ1) is 10.1. The zero-order chi connectivity index (χ0) is 14.9. The quantitative estimate of drug-likeness (QED) is 0.925. The van der Waals surface area contributed by atoms with E-state index in [0.29, 0.717) is 29.5 Å². The number of rotatable bonds is 4. The third-order valence-corrected chi connectivity index (χ3v) is 6.47. The first-order valence-corrected chi connectivity index (χ1v) is 9.48. The third kappa shape index (κ3) is 3.58. The number of sulfone groups is 1. The lowest BCUT2D eigenvalue weighted by molar-refractivity contribution is 0.257. The van der Waals surface area contributed by atoms with Crippen LogP contribution >= 0.6 is 0 Å². The number of methoxy groups -OCH3 is 1. The van der Waals surface area contributed by atoms with E-state index in [2.05, 4.69) is 17.4 Å². The van der Waals surface area contributed by atoms with E-state index in [0.717, 1.165) is 31.4 Å². The van der Waals surface area contributed by atoms with E-state index in [4.69, 9.17) is 4.74 Å². The average molecular weight is 309 g/mol. The third-order valence-electron chi connectivity index (χ3n) is 4.75. The fourth-order valence-electron chi connectivity index (χ4n) is 3.29. The minimum Gasteiger partial charge on any atom is -0.497 e. The summed E-state index contributed by atoms with van der Waals surface area (Å²) in [6, 6.07) is 9.25. The second-order valence-electron chi connectivity index (χ2n) is 6.23. The molecule has 21 heavy (non-hydrogen) atoms. The van der Waals surface area contributed by atoms with Gasteiger partial charge in [-0.3, -0.25) is 0 Å². The van der Waals surface area contributed by atoms with Gasteiger partial charge in [0.05, 0.1) is 18.6 Å². The molecule has 0 aromatic heterocycles. The highest BCUT2D eigenvalue weighted by Crippen LogP contribution is 2.38. The number of ether oxygens (including phenoxy) is 1. The van der Waals surface area contributed by atoms with Crippen LogP contribution in [0, 0.1) is 0 Å². The molecule has 1 saturated heterocycles. The molecule has 0 atom stereocenters. The van der Waals surface area contributed by atoms with Gasteiger partial charge in [-0.05, 0) is 49.3 Å².